The van der Waals surface area contributed by atoms with Crippen molar-refractivity contribution in [3.8, 4) is 0 Å². The molecule has 3 fully saturated rings. The van der Waals surface area contributed by atoms with Crippen molar-refractivity contribution in [3.63, 3.8) is 0 Å². The van der Waals surface area contributed by atoms with E-state index in [9.17, 15) is 14.7 Å². The molecule has 2 heterocycles. The third-order valence-corrected chi connectivity index (χ3v) is 6.93. The number of nitrogens with zero attached hydrogens (tertiary/aromatic N) is 3. The first-order valence-corrected chi connectivity index (χ1v) is 9.77. The van der Waals surface area contributed by atoms with Crippen LogP contribution >= 0.6 is 0 Å². The standard InChI is InChI=1S/C20H29N3O3/c1-18(2,3)15-5-10-23(21-15)20(17(25)26)8-11-22(12-9-20)16(24)14-13-19(14)6-4-7-19/h5,10,14H,4,6-9,11-13H2,1-3H3,(H,25,26)/t14-/m0/s1. The minimum absolute atomic E-state index is 0.120. The number of aliphatic carboxylic acids is 1. The third kappa shape index (κ3) is 2.57. The third-order valence-electron chi connectivity index (χ3n) is 6.93. The predicted octanol–water partition coefficient (Wildman–Crippen LogP) is 2.77. The van der Waals surface area contributed by atoms with Gasteiger partial charge in [0.05, 0.1) is 5.69 Å². The molecular formula is C20H29N3O3. The highest BCUT2D eigenvalue weighted by atomic mass is 16.4. The minimum atomic E-state index is -1.04. The summed E-state index contributed by atoms with van der Waals surface area (Å²) in [5.74, 6) is -0.402. The van der Waals surface area contributed by atoms with Gasteiger partial charge in [-0.25, -0.2) is 4.79 Å². The average molecular weight is 359 g/mol. The summed E-state index contributed by atoms with van der Waals surface area (Å²) < 4.78 is 1.63. The molecule has 6 heteroatoms. The number of carboxylic acid groups (broad SMARTS) is 1. The summed E-state index contributed by atoms with van der Waals surface area (Å²) in [6.07, 6.45) is 7.30. The van der Waals surface area contributed by atoms with Crippen molar-refractivity contribution in [2.75, 3.05) is 13.1 Å². The molecule has 1 N–H and O–H groups in total. The molecule has 0 unspecified atom stereocenters. The average Bonchev–Trinajstić information content (AvgIpc) is 3.12. The second kappa shape index (κ2) is 5.57. The number of hydrogen-bond donors (Lipinski definition) is 1. The molecule has 1 aromatic rings. The molecule has 3 aliphatic rings. The van der Waals surface area contributed by atoms with E-state index in [1.165, 1.54) is 19.3 Å². The van der Waals surface area contributed by atoms with Crippen molar-refractivity contribution in [2.24, 2.45) is 11.3 Å². The van der Waals surface area contributed by atoms with E-state index in [0.717, 1.165) is 12.1 Å². The summed E-state index contributed by atoms with van der Waals surface area (Å²) in [6.45, 7) is 7.21. The monoisotopic (exact) mass is 359 g/mol. The van der Waals surface area contributed by atoms with Crippen LogP contribution in [0.3, 0.4) is 0 Å². The molecule has 1 amide bonds. The molecule has 2 aliphatic carbocycles. The fraction of sp³-hybridized carbons (Fsp3) is 0.750. The largest absolute Gasteiger partial charge is 0.479 e. The molecule has 0 aromatic carbocycles. The number of likely N-dealkylation sites (tertiary alicyclic amines) is 1. The van der Waals surface area contributed by atoms with Crippen LogP contribution in [0.25, 0.3) is 0 Å². The molecule has 6 nitrogen and oxygen atoms in total. The summed E-state index contributed by atoms with van der Waals surface area (Å²) >= 11 is 0. The number of rotatable bonds is 3. The zero-order valence-corrected chi connectivity index (χ0v) is 16.0. The Kier molecular flexibility index (Phi) is 3.76. The van der Waals surface area contributed by atoms with E-state index in [-0.39, 0.29) is 17.2 Å². The first kappa shape index (κ1) is 17.6. The van der Waals surface area contributed by atoms with Crippen LogP contribution in [0.4, 0.5) is 0 Å². The van der Waals surface area contributed by atoms with E-state index in [0.29, 0.717) is 31.3 Å². The Morgan fingerprint density at radius 2 is 1.85 bits per heavy atom. The molecule has 1 aliphatic heterocycles. The van der Waals surface area contributed by atoms with Gasteiger partial charge in [-0.3, -0.25) is 9.48 Å². The Labute approximate surface area is 154 Å². The zero-order valence-electron chi connectivity index (χ0n) is 16.0. The van der Waals surface area contributed by atoms with Gasteiger partial charge < -0.3 is 10.0 Å². The Balaban J connectivity index is 1.48. The van der Waals surface area contributed by atoms with Crippen LogP contribution in [0, 0.1) is 11.3 Å². The summed E-state index contributed by atoms with van der Waals surface area (Å²) in [6, 6.07) is 1.91. The maximum absolute atomic E-state index is 12.8. The normalized spacial score (nSPS) is 26.4. The van der Waals surface area contributed by atoms with Crippen molar-refractivity contribution < 1.29 is 14.7 Å². The number of carbonyl (C=O) groups excluding carboxylic acids is 1. The predicted molar refractivity (Wildman–Crippen MR) is 96.7 cm³/mol. The van der Waals surface area contributed by atoms with Gasteiger partial charge in [0.2, 0.25) is 5.91 Å². The first-order chi connectivity index (χ1) is 12.2. The number of carboxylic acids is 1. The van der Waals surface area contributed by atoms with Crippen molar-refractivity contribution in [1.82, 2.24) is 14.7 Å². The SMILES string of the molecule is CC(C)(C)c1ccn(C2(C(=O)O)CCN(C(=O)[C@@H]3CC34CCC4)CC2)n1. The molecule has 0 bridgehead atoms. The van der Waals surface area contributed by atoms with Crippen molar-refractivity contribution in [1.29, 1.82) is 0 Å². The fourth-order valence-electron chi connectivity index (χ4n) is 4.70. The Bertz CT molecular complexity index is 734. The quantitative estimate of drug-likeness (QED) is 0.900. The number of carbonyl (C=O) groups is 2. The van der Waals surface area contributed by atoms with Crippen molar-refractivity contribution in [2.45, 2.75) is 70.3 Å². The fourth-order valence-corrected chi connectivity index (χ4v) is 4.70. The molecule has 1 atom stereocenters. The number of aromatic nitrogens is 2. The molecule has 142 valence electrons. The zero-order chi connectivity index (χ0) is 18.7. The molecule has 0 radical (unpaired) electrons. The smallest absolute Gasteiger partial charge is 0.331 e. The van der Waals surface area contributed by atoms with Gasteiger partial charge in [-0.15, -0.1) is 0 Å². The van der Waals surface area contributed by atoms with E-state index in [4.69, 9.17) is 0 Å². The maximum Gasteiger partial charge on any atom is 0.331 e. The van der Waals surface area contributed by atoms with Crippen molar-refractivity contribution >= 4 is 11.9 Å². The van der Waals surface area contributed by atoms with Crippen LogP contribution in [0.1, 0.15) is 65.0 Å². The molecular weight excluding hydrogens is 330 g/mol. The van der Waals surface area contributed by atoms with Gasteiger partial charge in [0, 0.05) is 43.5 Å². The highest BCUT2D eigenvalue weighted by Gasteiger charge is 2.62. The lowest BCUT2D eigenvalue weighted by atomic mass is 9.79. The molecule has 1 spiro atoms. The van der Waals surface area contributed by atoms with Gasteiger partial charge in [-0.2, -0.15) is 5.10 Å². The molecule has 4 rings (SSSR count). The minimum Gasteiger partial charge on any atom is -0.479 e. The van der Waals surface area contributed by atoms with E-state index >= 15 is 0 Å². The van der Waals surface area contributed by atoms with Gasteiger partial charge >= 0.3 is 5.97 Å². The summed E-state index contributed by atoms with van der Waals surface area (Å²) in [5, 5.41) is 14.6. The van der Waals surface area contributed by atoms with Crippen LogP contribution in [0.2, 0.25) is 0 Å². The second-order valence-corrected chi connectivity index (χ2v) is 9.53. The Morgan fingerprint density at radius 1 is 1.19 bits per heavy atom. The highest BCUT2D eigenvalue weighted by molar-refractivity contribution is 5.84. The van der Waals surface area contributed by atoms with Crippen molar-refractivity contribution in [3.05, 3.63) is 18.0 Å². The van der Waals surface area contributed by atoms with Gasteiger partial charge in [-0.05, 0) is 30.7 Å². The topological polar surface area (TPSA) is 75.4 Å². The second-order valence-electron chi connectivity index (χ2n) is 9.53. The van der Waals surface area contributed by atoms with Crippen LogP contribution in [0.5, 0.6) is 0 Å². The Hall–Kier alpha value is -1.85. The Morgan fingerprint density at radius 3 is 2.27 bits per heavy atom. The lowest BCUT2D eigenvalue weighted by Crippen LogP contribution is -2.53. The molecule has 2 saturated carbocycles. The van der Waals surface area contributed by atoms with Gasteiger partial charge in [0.15, 0.2) is 5.54 Å². The van der Waals surface area contributed by atoms with Crippen LogP contribution in [-0.2, 0) is 20.5 Å². The van der Waals surface area contributed by atoms with E-state index in [2.05, 4.69) is 25.9 Å². The number of hydrogen-bond acceptors (Lipinski definition) is 3. The van der Waals surface area contributed by atoms with Gasteiger partial charge in [0.25, 0.3) is 0 Å². The highest BCUT2D eigenvalue weighted by Crippen LogP contribution is 2.66. The van der Waals surface area contributed by atoms with Crippen LogP contribution in [-0.4, -0.2) is 44.8 Å². The summed E-state index contributed by atoms with van der Waals surface area (Å²) in [5.41, 5.74) is 0.0477. The number of piperidine rings is 1. The van der Waals surface area contributed by atoms with Gasteiger partial charge in [0.1, 0.15) is 0 Å². The first-order valence-electron chi connectivity index (χ1n) is 9.77. The molecule has 26 heavy (non-hydrogen) atoms. The number of amides is 1. The van der Waals surface area contributed by atoms with E-state index < -0.39 is 11.5 Å². The molecule has 1 aromatic heterocycles. The molecule has 1 saturated heterocycles. The maximum atomic E-state index is 12.8. The summed E-state index contributed by atoms with van der Waals surface area (Å²) in [4.78, 5) is 26.8. The lowest BCUT2D eigenvalue weighted by molar-refractivity contribution is -0.154. The lowest BCUT2D eigenvalue weighted by Gasteiger charge is -2.39. The van der Waals surface area contributed by atoms with Crippen LogP contribution in [0.15, 0.2) is 12.3 Å². The van der Waals surface area contributed by atoms with E-state index in [1.807, 2.05) is 11.0 Å². The summed E-state index contributed by atoms with van der Waals surface area (Å²) in [7, 11) is 0. The van der Waals surface area contributed by atoms with E-state index in [1.54, 1.807) is 10.9 Å². The van der Waals surface area contributed by atoms with Crippen LogP contribution < -0.4 is 0 Å². The van der Waals surface area contributed by atoms with Gasteiger partial charge in [-0.1, -0.05) is 27.2 Å².